The van der Waals surface area contributed by atoms with E-state index in [0.717, 1.165) is 49.5 Å². The number of hydrogen-bond donors (Lipinski definition) is 2. The van der Waals surface area contributed by atoms with Crippen molar-refractivity contribution in [1.82, 2.24) is 15.1 Å². The van der Waals surface area contributed by atoms with Gasteiger partial charge in [-0.2, -0.15) is 0 Å². The first-order valence-corrected chi connectivity index (χ1v) is 11.9. The molecule has 2 saturated heterocycles. The zero-order valence-electron chi connectivity index (χ0n) is 17.1. The number of amides is 2. The van der Waals surface area contributed by atoms with E-state index in [0.29, 0.717) is 12.1 Å². The van der Waals surface area contributed by atoms with Crippen molar-refractivity contribution >= 4 is 29.3 Å². The van der Waals surface area contributed by atoms with Crippen LogP contribution in [-0.2, 0) is 4.79 Å². The van der Waals surface area contributed by atoms with Crippen LogP contribution in [-0.4, -0.2) is 66.3 Å². The van der Waals surface area contributed by atoms with Crippen molar-refractivity contribution in [2.75, 3.05) is 44.6 Å². The number of carbonyl (C=O) groups is 2. The number of fused-ring (bicyclic) bond motifs is 1. The van der Waals surface area contributed by atoms with Crippen LogP contribution >= 0.6 is 11.8 Å². The highest BCUT2D eigenvalue weighted by Gasteiger charge is 2.33. The molecule has 158 valence electrons. The van der Waals surface area contributed by atoms with Gasteiger partial charge in [0.15, 0.2) is 0 Å². The van der Waals surface area contributed by atoms with Gasteiger partial charge in [0.05, 0.1) is 5.69 Å². The summed E-state index contributed by atoms with van der Waals surface area (Å²) in [4.78, 5) is 30.9. The number of nitrogens with zero attached hydrogens (tertiary/aromatic N) is 2. The summed E-state index contributed by atoms with van der Waals surface area (Å²) in [7, 11) is 0. The molecule has 1 atom stereocenters. The normalized spacial score (nSPS) is 23.3. The van der Waals surface area contributed by atoms with E-state index in [-0.39, 0.29) is 17.2 Å². The van der Waals surface area contributed by atoms with E-state index in [1.165, 1.54) is 38.8 Å². The van der Waals surface area contributed by atoms with Gasteiger partial charge in [-0.3, -0.25) is 14.5 Å². The highest BCUT2D eigenvalue weighted by molar-refractivity contribution is 8.00. The lowest BCUT2D eigenvalue weighted by Gasteiger charge is -2.35. The van der Waals surface area contributed by atoms with Gasteiger partial charge in [0.1, 0.15) is 5.37 Å². The Morgan fingerprint density at radius 3 is 2.55 bits per heavy atom. The molecule has 3 aliphatic heterocycles. The fraction of sp³-hybridized carbons (Fsp3) is 0.636. The molecule has 0 aromatic heterocycles. The van der Waals surface area contributed by atoms with Gasteiger partial charge < -0.3 is 15.5 Å². The maximum absolute atomic E-state index is 12.6. The molecule has 2 N–H and O–H groups in total. The summed E-state index contributed by atoms with van der Waals surface area (Å²) >= 11 is 1.61. The number of nitrogens with one attached hydrogen (secondary N) is 2. The topological polar surface area (TPSA) is 64.7 Å². The van der Waals surface area contributed by atoms with Crippen molar-refractivity contribution in [3.05, 3.63) is 23.8 Å². The Kier molecular flexibility index (Phi) is 7.11. The average Bonchev–Trinajstić information content (AvgIpc) is 2.77. The summed E-state index contributed by atoms with van der Waals surface area (Å²) in [6.07, 6.45) is 8.48. The van der Waals surface area contributed by atoms with Crippen LogP contribution in [0.5, 0.6) is 0 Å². The first-order valence-electron chi connectivity index (χ1n) is 11.1. The zero-order valence-corrected chi connectivity index (χ0v) is 17.9. The van der Waals surface area contributed by atoms with E-state index in [2.05, 4.69) is 20.4 Å². The van der Waals surface area contributed by atoms with Gasteiger partial charge in [-0.25, -0.2) is 0 Å². The minimum atomic E-state index is -0.155. The molecule has 0 saturated carbocycles. The molecule has 0 spiro atoms. The van der Waals surface area contributed by atoms with Gasteiger partial charge in [-0.05, 0) is 83.0 Å². The fourth-order valence-electron chi connectivity index (χ4n) is 4.42. The molecular formula is C22H32N4O2S. The van der Waals surface area contributed by atoms with Crippen LogP contribution < -0.4 is 10.6 Å². The molecule has 2 fully saturated rings. The van der Waals surface area contributed by atoms with Crippen molar-refractivity contribution in [3.8, 4) is 0 Å². The van der Waals surface area contributed by atoms with Gasteiger partial charge in [0.2, 0.25) is 0 Å². The number of likely N-dealkylation sites (tertiary alicyclic amines) is 2. The largest absolute Gasteiger partial charge is 0.352 e. The van der Waals surface area contributed by atoms with Crippen LogP contribution in [0.2, 0.25) is 0 Å². The lowest BCUT2D eigenvalue weighted by Crippen LogP contribution is -2.46. The molecule has 3 heterocycles. The third kappa shape index (κ3) is 5.32. The minimum Gasteiger partial charge on any atom is -0.352 e. The third-order valence-electron chi connectivity index (χ3n) is 6.07. The number of hydrogen-bond acceptors (Lipinski definition) is 5. The van der Waals surface area contributed by atoms with E-state index in [9.17, 15) is 9.59 Å². The van der Waals surface area contributed by atoms with Crippen LogP contribution in [0.1, 0.15) is 55.3 Å². The highest BCUT2D eigenvalue weighted by atomic mass is 32.2. The van der Waals surface area contributed by atoms with E-state index in [1.807, 2.05) is 18.2 Å². The monoisotopic (exact) mass is 416 g/mol. The van der Waals surface area contributed by atoms with Crippen LogP contribution in [0.4, 0.5) is 5.69 Å². The van der Waals surface area contributed by atoms with Crippen molar-refractivity contribution in [3.63, 3.8) is 0 Å². The molecule has 2 amide bonds. The number of benzene rings is 1. The predicted molar refractivity (Wildman–Crippen MR) is 117 cm³/mol. The predicted octanol–water partition coefficient (Wildman–Crippen LogP) is 3.15. The Bertz CT molecular complexity index is 730. The van der Waals surface area contributed by atoms with Crippen LogP contribution in [0.3, 0.4) is 0 Å². The maximum atomic E-state index is 12.6. The van der Waals surface area contributed by atoms with E-state index in [4.69, 9.17) is 0 Å². The molecule has 0 bridgehead atoms. The number of rotatable bonds is 6. The Labute approximate surface area is 177 Å². The SMILES string of the molecule is O=C(NCCCN1CCCCC1)c1ccc2c(c1)NC(=O)[C@H](N1CCCCC1)S2. The number of piperidine rings is 2. The molecule has 29 heavy (non-hydrogen) atoms. The van der Waals surface area contributed by atoms with Crippen LogP contribution in [0, 0.1) is 0 Å². The first kappa shape index (κ1) is 20.7. The summed E-state index contributed by atoms with van der Waals surface area (Å²) in [5, 5.41) is 5.89. The Balaban J connectivity index is 1.29. The van der Waals surface area contributed by atoms with Crippen molar-refractivity contribution in [1.29, 1.82) is 0 Å². The smallest absolute Gasteiger partial charge is 0.252 e. The molecule has 0 radical (unpaired) electrons. The van der Waals surface area contributed by atoms with E-state index < -0.39 is 0 Å². The molecule has 0 unspecified atom stereocenters. The quantitative estimate of drug-likeness (QED) is 0.698. The number of thioether (sulfide) groups is 1. The standard InChI is InChI=1S/C22H32N4O2S/c27-20(23-10-7-13-25-11-3-1-4-12-25)17-8-9-19-18(16-17)24-21(28)22(29-19)26-14-5-2-6-15-26/h8-9,16,22H,1-7,10-15H2,(H,23,27)(H,24,28)/t22-/m1/s1. The van der Waals surface area contributed by atoms with E-state index >= 15 is 0 Å². The fourth-order valence-corrected chi connectivity index (χ4v) is 5.57. The highest BCUT2D eigenvalue weighted by Crippen LogP contribution is 2.38. The average molecular weight is 417 g/mol. The molecule has 3 aliphatic rings. The summed E-state index contributed by atoms with van der Waals surface area (Å²) in [6.45, 7) is 6.08. The molecule has 4 rings (SSSR count). The Hall–Kier alpha value is -1.57. The number of anilines is 1. The van der Waals surface area contributed by atoms with Gasteiger partial charge in [0.25, 0.3) is 11.8 Å². The summed E-state index contributed by atoms with van der Waals surface area (Å²) in [5.74, 6) is -0.0349. The second-order valence-electron chi connectivity index (χ2n) is 8.28. The Morgan fingerprint density at radius 2 is 1.79 bits per heavy atom. The zero-order chi connectivity index (χ0) is 20.1. The van der Waals surface area contributed by atoms with E-state index in [1.54, 1.807) is 11.8 Å². The maximum Gasteiger partial charge on any atom is 0.252 e. The van der Waals surface area contributed by atoms with Crippen molar-refractivity contribution < 1.29 is 9.59 Å². The van der Waals surface area contributed by atoms with Crippen molar-refractivity contribution in [2.24, 2.45) is 0 Å². The minimum absolute atomic E-state index is 0.0310. The second kappa shape index (κ2) is 9.96. The van der Waals surface area contributed by atoms with Crippen molar-refractivity contribution in [2.45, 2.75) is 55.2 Å². The summed E-state index contributed by atoms with van der Waals surface area (Å²) in [5.41, 5.74) is 1.37. The molecule has 7 heteroatoms. The van der Waals surface area contributed by atoms with Gasteiger partial charge in [0, 0.05) is 17.0 Å². The molecule has 1 aromatic rings. The lowest BCUT2D eigenvalue weighted by molar-refractivity contribution is -0.118. The second-order valence-corrected chi connectivity index (χ2v) is 9.40. The molecular weight excluding hydrogens is 384 g/mol. The van der Waals surface area contributed by atoms with Gasteiger partial charge >= 0.3 is 0 Å². The summed E-state index contributed by atoms with van der Waals surface area (Å²) in [6, 6.07) is 5.65. The molecule has 6 nitrogen and oxygen atoms in total. The van der Waals surface area contributed by atoms with Gasteiger partial charge in [-0.1, -0.05) is 24.6 Å². The van der Waals surface area contributed by atoms with Crippen LogP contribution in [0.25, 0.3) is 0 Å². The van der Waals surface area contributed by atoms with Gasteiger partial charge in [-0.15, -0.1) is 0 Å². The number of carbonyl (C=O) groups excluding carboxylic acids is 2. The first-order chi connectivity index (χ1) is 14.2. The van der Waals surface area contributed by atoms with Crippen LogP contribution in [0.15, 0.2) is 23.1 Å². The Morgan fingerprint density at radius 1 is 1.07 bits per heavy atom. The molecule has 0 aliphatic carbocycles. The lowest BCUT2D eigenvalue weighted by atomic mass is 10.1. The summed E-state index contributed by atoms with van der Waals surface area (Å²) < 4.78 is 0. The molecule has 1 aromatic carbocycles. The third-order valence-corrected chi connectivity index (χ3v) is 7.42.